The molecule has 2 heterocycles. The first kappa shape index (κ1) is 17.3. The molecule has 0 unspecified atom stereocenters. The third-order valence-electron chi connectivity index (χ3n) is 3.91. The lowest BCUT2D eigenvalue weighted by atomic mass is 10.2. The molecule has 1 saturated heterocycles. The van der Waals surface area contributed by atoms with E-state index in [1.54, 1.807) is 23.5 Å². The molecule has 4 nitrogen and oxygen atoms in total. The molecular formula is C16H17FN2O2S3. The van der Waals surface area contributed by atoms with Gasteiger partial charge in [-0.3, -0.25) is 0 Å². The molecule has 1 atom stereocenters. The van der Waals surface area contributed by atoms with E-state index in [1.165, 1.54) is 12.1 Å². The zero-order valence-electron chi connectivity index (χ0n) is 12.8. The van der Waals surface area contributed by atoms with Gasteiger partial charge in [0, 0.05) is 16.6 Å². The predicted molar refractivity (Wildman–Crippen MR) is 99.5 cm³/mol. The highest BCUT2D eigenvalue weighted by Crippen LogP contribution is 2.23. The van der Waals surface area contributed by atoms with Crippen LogP contribution in [-0.4, -0.2) is 36.0 Å². The van der Waals surface area contributed by atoms with Gasteiger partial charge in [-0.05, 0) is 54.4 Å². The fraction of sp³-hybridized carbons (Fsp3) is 0.312. The van der Waals surface area contributed by atoms with Crippen molar-refractivity contribution >= 4 is 44.2 Å². The molecule has 128 valence electrons. The third kappa shape index (κ3) is 4.31. The van der Waals surface area contributed by atoms with E-state index in [4.69, 9.17) is 12.2 Å². The van der Waals surface area contributed by atoms with E-state index in [0.29, 0.717) is 23.8 Å². The summed E-state index contributed by atoms with van der Waals surface area (Å²) < 4.78 is 36.7. The number of rotatable bonds is 4. The van der Waals surface area contributed by atoms with E-state index in [-0.39, 0.29) is 23.4 Å². The summed E-state index contributed by atoms with van der Waals surface area (Å²) in [6.07, 6.45) is 0.568. The lowest BCUT2D eigenvalue weighted by Crippen LogP contribution is -2.42. The second-order valence-electron chi connectivity index (χ2n) is 5.70. The quantitative estimate of drug-likeness (QED) is 0.820. The number of benzene rings is 1. The van der Waals surface area contributed by atoms with Crippen molar-refractivity contribution in [2.75, 3.05) is 16.8 Å². The fourth-order valence-electron chi connectivity index (χ4n) is 2.69. The molecule has 3 rings (SSSR count). The van der Waals surface area contributed by atoms with Crippen LogP contribution in [0.15, 0.2) is 41.8 Å². The standard InChI is InChI=1S/C16H17FN2O2S3/c17-12-3-5-13(6-4-12)18-16(22)19(10-15-2-1-8-23-15)14-7-9-24(20,21)11-14/h1-6,8,14H,7,9-11H2,(H,18,22)/t14-/m0/s1. The van der Waals surface area contributed by atoms with Crippen LogP contribution in [0.3, 0.4) is 0 Å². The van der Waals surface area contributed by atoms with Gasteiger partial charge in [0.25, 0.3) is 0 Å². The van der Waals surface area contributed by atoms with Gasteiger partial charge in [-0.25, -0.2) is 12.8 Å². The van der Waals surface area contributed by atoms with E-state index >= 15 is 0 Å². The van der Waals surface area contributed by atoms with Crippen molar-refractivity contribution in [1.82, 2.24) is 4.90 Å². The van der Waals surface area contributed by atoms with Crippen LogP contribution in [0.5, 0.6) is 0 Å². The zero-order valence-corrected chi connectivity index (χ0v) is 15.3. The van der Waals surface area contributed by atoms with E-state index in [2.05, 4.69) is 5.32 Å². The largest absolute Gasteiger partial charge is 0.340 e. The second kappa shape index (κ2) is 7.16. The molecule has 0 radical (unpaired) electrons. The van der Waals surface area contributed by atoms with Crippen molar-refractivity contribution in [1.29, 1.82) is 0 Å². The van der Waals surface area contributed by atoms with Crippen LogP contribution in [-0.2, 0) is 16.4 Å². The average molecular weight is 385 g/mol. The van der Waals surface area contributed by atoms with Gasteiger partial charge < -0.3 is 10.2 Å². The molecule has 0 saturated carbocycles. The minimum atomic E-state index is -3.01. The van der Waals surface area contributed by atoms with Crippen LogP contribution >= 0.6 is 23.6 Å². The summed E-state index contributed by atoms with van der Waals surface area (Å²) in [6, 6.07) is 9.75. The highest BCUT2D eigenvalue weighted by atomic mass is 32.2. The van der Waals surface area contributed by atoms with Crippen LogP contribution < -0.4 is 5.32 Å². The minimum absolute atomic E-state index is 0.115. The van der Waals surface area contributed by atoms with Crippen molar-refractivity contribution in [3.05, 3.63) is 52.5 Å². The summed E-state index contributed by atoms with van der Waals surface area (Å²) in [5.74, 6) is -0.00900. The van der Waals surface area contributed by atoms with Crippen LogP contribution in [0, 0.1) is 5.82 Å². The Morgan fingerprint density at radius 1 is 1.33 bits per heavy atom. The Morgan fingerprint density at radius 3 is 2.67 bits per heavy atom. The number of sulfone groups is 1. The Hall–Kier alpha value is -1.51. The summed E-state index contributed by atoms with van der Waals surface area (Å²) >= 11 is 7.11. The molecule has 0 spiro atoms. The maximum Gasteiger partial charge on any atom is 0.174 e. The maximum absolute atomic E-state index is 13.0. The van der Waals surface area contributed by atoms with E-state index in [1.807, 2.05) is 22.4 Å². The summed E-state index contributed by atoms with van der Waals surface area (Å²) in [4.78, 5) is 3.04. The summed E-state index contributed by atoms with van der Waals surface area (Å²) in [5, 5.41) is 5.52. The van der Waals surface area contributed by atoms with Gasteiger partial charge in [0.15, 0.2) is 14.9 Å². The third-order valence-corrected chi connectivity index (χ3v) is 6.86. The summed E-state index contributed by atoms with van der Waals surface area (Å²) in [7, 11) is -3.01. The first-order chi connectivity index (χ1) is 11.4. The number of nitrogens with zero attached hydrogens (tertiary/aromatic N) is 1. The number of anilines is 1. The molecule has 1 aromatic carbocycles. The lowest BCUT2D eigenvalue weighted by Gasteiger charge is -2.30. The molecule has 1 fully saturated rings. The number of hydrogen-bond acceptors (Lipinski definition) is 4. The molecule has 1 aromatic heterocycles. The Labute approximate surface area is 150 Å². The van der Waals surface area contributed by atoms with Gasteiger partial charge in [-0.2, -0.15) is 0 Å². The molecule has 24 heavy (non-hydrogen) atoms. The van der Waals surface area contributed by atoms with Crippen molar-refractivity contribution in [2.24, 2.45) is 0 Å². The first-order valence-corrected chi connectivity index (χ1v) is 10.6. The molecule has 1 aliphatic rings. The average Bonchev–Trinajstić information content (AvgIpc) is 3.16. The van der Waals surface area contributed by atoms with Gasteiger partial charge in [0.1, 0.15) is 5.82 Å². The zero-order chi connectivity index (χ0) is 17.2. The van der Waals surface area contributed by atoms with Crippen LogP contribution in [0.1, 0.15) is 11.3 Å². The maximum atomic E-state index is 13.0. The lowest BCUT2D eigenvalue weighted by molar-refractivity contribution is 0.335. The van der Waals surface area contributed by atoms with Crippen LogP contribution in [0.25, 0.3) is 0 Å². The normalized spacial score (nSPS) is 19.1. The number of halogens is 1. The van der Waals surface area contributed by atoms with Crippen molar-refractivity contribution in [3.8, 4) is 0 Å². The number of thiophene rings is 1. The predicted octanol–water partition coefficient (Wildman–Crippen LogP) is 3.27. The minimum Gasteiger partial charge on any atom is -0.340 e. The van der Waals surface area contributed by atoms with Gasteiger partial charge in [-0.1, -0.05) is 6.07 Å². The molecule has 0 amide bonds. The fourth-order valence-corrected chi connectivity index (χ4v) is 5.45. The Balaban J connectivity index is 1.78. The second-order valence-corrected chi connectivity index (χ2v) is 9.35. The van der Waals surface area contributed by atoms with Gasteiger partial charge in [-0.15, -0.1) is 11.3 Å². The smallest absolute Gasteiger partial charge is 0.174 e. The van der Waals surface area contributed by atoms with Gasteiger partial charge >= 0.3 is 0 Å². The van der Waals surface area contributed by atoms with Crippen LogP contribution in [0.4, 0.5) is 10.1 Å². The summed E-state index contributed by atoms with van der Waals surface area (Å²) in [6.45, 7) is 0.560. The van der Waals surface area contributed by atoms with Crippen molar-refractivity contribution in [3.63, 3.8) is 0 Å². The molecule has 8 heteroatoms. The highest BCUT2D eigenvalue weighted by Gasteiger charge is 2.33. The molecule has 2 aromatic rings. The monoisotopic (exact) mass is 384 g/mol. The molecular weight excluding hydrogens is 367 g/mol. The number of thiocarbonyl (C=S) groups is 1. The molecule has 1 N–H and O–H groups in total. The number of nitrogens with one attached hydrogen (secondary N) is 1. The topological polar surface area (TPSA) is 49.4 Å². The Kier molecular flexibility index (Phi) is 5.17. The van der Waals surface area contributed by atoms with E-state index < -0.39 is 9.84 Å². The van der Waals surface area contributed by atoms with Crippen molar-refractivity contribution < 1.29 is 12.8 Å². The van der Waals surface area contributed by atoms with Gasteiger partial charge in [0.2, 0.25) is 0 Å². The highest BCUT2D eigenvalue weighted by molar-refractivity contribution is 7.91. The molecule has 0 aliphatic carbocycles. The molecule has 0 bridgehead atoms. The van der Waals surface area contributed by atoms with Crippen LogP contribution in [0.2, 0.25) is 0 Å². The first-order valence-electron chi connectivity index (χ1n) is 7.49. The Morgan fingerprint density at radius 2 is 2.08 bits per heavy atom. The van der Waals surface area contributed by atoms with E-state index in [0.717, 1.165) is 4.88 Å². The Bertz CT molecular complexity index is 804. The molecule has 1 aliphatic heterocycles. The SMILES string of the molecule is O=S1(=O)CC[C@H](N(Cc2cccs2)C(=S)Nc2ccc(F)cc2)C1. The van der Waals surface area contributed by atoms with Crippen molar-refractivity contribution in [2.45, 2.75) is 19.0 Å². The van der Waals surface area contributed by atoms with E-state index in [9.17, 15) is 12.8 Å². The van der Waals surface area contributed by atoms with Gasteiger partial charge in [0.05, 0.1) is 18.1 Å². The summed E-state index contributed by atoms with van der Waals surface area (Å²) in [5.41, 5.74) is 0.679. The number of hydrogen-bond donors (Lipinski definition) is 1.